The van der Waals surface area contributed by atoms with E-state index in [0.717, 1.165) is 12.8 Å². The van der Waals surface area contributed by atoms with Crippen molar-refractivity contribution in [3.05, 3.63) is 46.3 Å². The standard InChI is InChI=1S/C15H17Cl2F/c1-15(2)8-10(6-13(17)9-15)5-11-3-4-12(16)7-14(11)18/h3-4,6-7,13H,5,8-9H2,1-2H3. The van der Waals surface area contributed by atoms with Crippen LogP contribution in [-0.2, 0) is 6.42 Å². The molecule has 0 saturated carbocycles. The first-order valence-electron chi connectivity index (χ1n) is 6.13. The summed E-state index contributed by atoms with van der Waals surface area (Å²) in [6.45, 7) is 4.40. The Morgan fingerprint density at radius 1 is 1.39 bits per heavy atom. The van der Waals surface area contributed by atoms with Crippen LogP contribution in [0.4, 0.5) is 4.39 Å². The molecular weight excluding hydrogens is 270 g/mol. The molecule has 0 fully saturated rings. The third-order valence-corrected chi connectivity index (χ3v) is 3.82. The minimum Gasteiger partial charge on any atom is -0.207 e. The summed E-state index contributed by atoms with van der Waals surface area (Å²) in [5, 5.41) is 0.489. The maximum atomic E-state index is 13.8. The van der Waals surface area contributed by atoms with Crippen molar-refractivity contribution in [2.24, 2.45) is 5.41 Å². The zero-order chi connectivity index (χ0) is 13.3. The first-order valence-corrected chi connectivity index (χ1v) is 6.95. The first kappa shape index (κ1) is 13.9. The summed E-state index contributed by atoms with van der Waals surface area (Å²) < 4.78 is 13.8. The second-order valence-corrected chi connectivity index (χ2v) is 6.80. The van der Waals surface area contributed by atoms with E-state index < -0.39 is 0 Å². The lowest BCUT2D eigenvalue weighted by Crippen LogP contribution is -2.23. The molecule has 0 bridgehead atoms. The molecule has 0 aromatic heterocycles. The normalized spacial score (nSPS) is 22.7. The van der Waals surface area contributed by atoms with Gasteiger partial charge < -0.3 is 0 Å². The highest BCUT2D eigenvalue weighted by Crippen LogP contribution is 2.38. The van der Waals surface area contributed by atoms with E-state index in [1.807, 2.05) is 0 Å². The molecule has 2 rings (SSSR count). The van der Waals surface area contributed by atoms with E-state index >= 15 is 0 Å². The highest BCUT2D eigenvalue weighted by molar-refractivity contribution is 6.30. The lowest BCUT2D eigenvalue weighted by atomic mass is 9.76. The largest absolute Gasteiger partial charge is 0.207 e. The van der Waals surface area contributed by atoms with Crippen LogP contribution < -0.4 is 0 Å². The Kier molecular flexibility index (Phi) is 4.03. The van der Waals surface area contributed by atoms with E-state index in [0.29, 0.717) is 17.0 Å². The molecule has 1 unspecified atom stereocenters. The smallest absolute Gasteiger partial charge is 0.128 e. The van der Waals surface area contributed by atoms with Gasteiger partial charge in [-0.3, -0.25) is 0 Å². The van der Waals surface area contributed by atoms with Crippen LogP contribution in [0.1, 0.15) is 32.3 Å². The van der Waals surface area contributed by atoms with Gasteiger partial charge in [0, 0.05) is 5.02 Å². The number of allylic oxidation sites excluding steroid dienone is 2. The molecule has 1 aromatic rings. The third kappa shape index (κ3) is 3.49. The highest BCUT2D eigenvalue weighted by atomic mass is 35.5. The SMILES string of the molecule is CC1(C)CC(Cc2ccc(Cl)cc2F)=CC(Cl)C1. The molecule has 98 valence electrons. The van der Waals surface area contributed by atoms with Crippen molar-refractivity contribution >= 4 is 23.2 Å². The number of alkyl halides is 1. The summed E-state index contributed by atoms with van der Waals surface area (Å²) in [5.74, 6) is -0.238. The van der Waals surface area contributed by atoms with Gasteiger partial charge in [-0.15, -0.1) is 11.6 Å². The molecule has 1 aromatic carbocycles. The fourth-order valence-electron chi connectivity index (χ4n) is 2.62. The second-order valence-electron chi connectivity index (χ2n) is 5.80. The van der Waals surface area contributed by atoms with Gasteiger partial charge in [-0.05, 0) is 42.4 Å². The molecule has 0 nitrogen and oxygen atoms in total. The molecule has 1 aliphatic carbocycles. The zero-order valence-corrected chi connectivity index (χ0v) is 12.2. The molecule has 1 aliphatic rings. The number of benzene rings is 1. The van der Waals surface area contributed by atoms with Crippen molar-refractivity contribution in [2.75, 3.05) is 0 Å². The van der Waals surface area contributed by atoms with Crippen molar-refractivity contribution in [2.45, 2.75) is 38.5 Å². The van der Waals surface area contributed by atoms with E-state index in [9.17, 15) is 4.39 Å². The van der Waals surface area contributed by atoms with Crippen LogP contribution in [0.2, 0.25) is 5.02 Å². The Hall–Kier alpha value is -0.530. The van der Waals surface area contributed by atoms with Crippen molar-refractivity contribution in [1.29, 1.82) is 0 Å². The fraction of sp³-hybridized carbons (Fsp3) is 0.467. The molecule has 0 spiro atoms. The molecule has 0 radical (unpaired) electrons. The monoisotopic (exact) mass is 286 g/mol. The second kappa shape index (κ2) is 5.22. The molecule has 0 aliphatic heterocycles. The van der Waals surface area contributed by atoms with E-state index in [4.69, 9.17) is 23.2 Å². The van der Waals surface area contributed by atoms with E-state index in [2.05, 4.69) is 19.9 Å². The minimum atomic E-state index is -0.238. The van der Waals surface area contributed by atoms with Crippen LogP contribution in [0.25, 0.3) is 0 Å². The van der Waals surface area contributed by atoms with Gasteiger partial charge in [0.25, 0.3) is 0 Å². The summed E-state index contributed by atoms with van der Waals surface area (Å²) >= 11 is 12.0. The summed E-state index contributed by atoms with van der Waals surface area (Å²) in [4.78, 5) is 0. The minimum absolute atomic E-state index is 0.0547. The average molecular weight is 287 g/mol. The third-order valence-electron chi connectivity index (χ3n) is 3.30. The molecule has 0 heterocycles. The predicted molar refractivity (Wildman–Crippen MR) is 75.9 cm³/mol. The van der Waals surface area contributed by atoms with Crippen LogP contribution in [0, 0.1) is 11.2 Å². The average Bonchev–Trinajstić information content (AvgIpc) is 2.19. The number of halogens is 3. The van der Waals surface area contributed by atoms with Gasteiger partial charge in [-0.2, -0.15) is 0 Å². The Balaban J connectivity index is 2.18. The van der Waals surface area contributed by atoms with E-state index in [-0.39, 0.29) is 16.6 Å². The lowest BCUT2D eigenvalue weighted by molar-refractivity contribution is 0.320. The molecule has 0 amide bonds. The van der Waals surface area contributed by atoms with Crippen molar-refractivity contribution in [3.63, 3.8) is 0 Å². The van der Waals surface area contributed by atoms with Crippen LogP contribution in [0.5, 0.6) is 0 Å². The summed E-state index contributed by atoms with van der Waals surface area (Å²) in [5.41, 5.74) is 2.10. The zero-order valence-electron chi connectivity index (χ0n) is 10.6. The fourth-order valence-corrected chi connectivity index (χ4v) is 3.37. The predicted octanol–water partition coefficient (Wildman–Crippen LogP) is 5.38. The molecule has 0 saturated heterocycles. The van der Waals surface area contributed by atoms with Crippen LogP contribution in [-0.4, -0.2) is 5.38 Å². The van der Waals surface area contributed by atoms with Crippen LogP contribution >= 0.6 is 23.2 Å². The maximum absolute atomic E-state index is 13.8. The van der Waals surface area contributed by atoms with E-state index in [1.165, 1.54) is 11.6 Å². The molecule has 3 heteroatoms. The topological polar surface area (TPSA) is 0 Å². The van der Waals surface area contributed by atoms with Crippen molar-refractivity contribution in [3.8, 4) is 0 Å². The Labute approximate surface area is 118 Å². The number of hydrogen-bond acceptors (Lipinski definition) is 0. The van der Waals surface area contributed by atoms with Gasteiger partial charge in [0.15, 0.2) is 0 Å². The number of hydrogen-bond donors (Lipinski definition) is 0. The van der Waals surface area contributed by atoms with Gasteiger partial charge >= 0.3 is 0 Å². The molecular formula is C15H17Cl2F. The molecule has 18 heavy (non-hydrogen) atoms. The van der Waals surface area contributed by atoms with Crippen LogP contribution in [0.3, 0.4) is 0 Å². The van der Waals surface area contributed by atoms with Crippen molar-refractivity contribution in [1.82, 2.24) is 0 Å². The van der Waals surface area contributed by atoms with Crippen molar-refractivity contribution < 1.29 is 4.39 Å². The van der Waals surface area contributed by atoms with Gasteiger partial charge in [0.1, 0.15) is 5.82 Å². The lowest BCUT2D eigenvalue weighted by Gasteiger charge is -2.32. The Morgan fingerprint density at radius 2 is 2.11 bits per heavy atom. The van der Waals surface area contributed by atoms with Gasteiger partial charge in [0.05, 0.1) is 5.38 Å². The van der Waals surface area contributed by atoms with E-state index in [1.54, 1.807) is 12.1 Å². The maximum Gasteiger partial charge on any atom is 0.128 e. The van der Waals surface area contributed by atoms with Crippen LogP contribution in [0.15, 0.2) is 29.8 Å². The van der Waals surface area contributed by atoms with Gasteiger partial charge in [0.2, 0.25) is 0 Å². The van der Waals surface area contributed by atoms with Gasteiger partial charge in [-0.1, -0.05) is 43.2 Å². The molecule has 1 atom stereocenters. The summed E-state index contributed by atoms with van der Waals surface area (Å²) in [6.07, 6.45) is 4.63. The Bertz CT molecular complexity index is 477. The summed E-state index contributed by atoms with van der Waals surface area (Å²) in [6, 6.07) is 4.85. The summed E-state index contributed by atoms with van der Waals surface area (Å²) in [7, 11) is 0. The Morgan fingerprint density at radius 3 is 2.72 bits per heavy atom. The quantitative estimate of drug-likeness (QED) is 0.506. The molecule has 0 N–H and O–H groups in total. The number of rotatable bonds is 2. The highest BCUT2D eigenvalue weighted by Gasteiger charge is 2.27. The first-order chi connectivity index (χ1) is 8.35. The van der Waals surface area contributed by atoms with Gasteiger partial charge in [-0.25, -0.2) is 4.39 Å².